The van der Waals surface area contributed by atoms with E-state index in [0.717, 1.165) is 0 Å². The number of hydrogen-bond donors (Lipinski definition) is 1. The van der Waals surface area contributed by atoms with Crippen LogP contribution in [-0.4, -0.2) is 0 Å². The van der Waals surface area contributed by atoms with Crippen molar-refractivity contribution in [1.82, 2.24) is 0 Å². The van der Waals surface area contributed by atoms with Crippen molar-refractivity contribution in [3.05, 3.63) is 35.4 Å². The predicted octanol–water partition coefficient (Wildman–Crippen LogP) is 5.71. The van der Waals surface area contributed by atoms with Crippen molar-refractivity contribution in [2.75, 3.05) is 0 Å². The molecule has 0 bridgehead atoms. The Morgan fingerprint density at radius 1 is 0.737 bits per heavy atom. The highest BCUT2D eigenvalue weighted by molar-refractivity contribution is 5.22. The monoisotopic (exact) mass is 265 g/mol. The fraction of sp³-hybridized carbons (Fsp3) is 0.667. The molecule has 0 amide bonds. The van der Waals surface area contributed by atoms with E-state index in [1.807, 2.05) is 0 Å². The molecule has 0 aliphatic carbocycles. The van der Waals surface area contributed by atoms with E-state index < -0.39 is 0 Å². The molecule has 0 atom stereocenters. The van der Waals surface area contributed by atoms with Crippen LogP contribution < -0.4 is 5.73 Å². The zero-order valence-electron chi connectivity index (χ0n) is 13.8. The molecule has 0 aliphatic rings. The van der Waals surface area contributed by atoms with Gasteiger partial charge in [-0.3, -0.25) is 0 Å². The smallest absolute Gasteiger partial charge is 0.0178 e. The molecule has 1 rings (SSSR count). The van der Waals surface area contributed by atoms with Crippen LogP contribution >= 0.6 is 0 Å². The molecule has 2 N–H and O–H groups in total. The van der Waals surface area contributed by atoms with Crippen LogP contribution in [0.1, 0.15) is 77.8 Å². The van der Waals surface area contributed by atoms with Crippen molar-refractivity contribution in [3.8, 4) is 0 Å². The van der Waals surface area contributed by atoms with E-state index in [1.54, 1.807) is 0 Å². The van der Waals surface area contributed by atoms with Gasteiger partial charge < -0.3 is 5.73 Å². The highest BCUT2D eigenvalue weighted by Crippen LogP contribution is 2.06. The Labute approximate surface area is 121 Å². The van der Waals surface area contributed by atoms with Crippen LogP contribution in [0.2, 0.25) is 0 Å². The van der Waals surface area contributed by atoms with E-state index in [-0.39, 0.29) is 0 Å². The maximum absolute atomic E-state index is 5.50. The number of benzene rings is 1. The molecular weight excluding hydrogens is 230 g/mol. The van der Waals surface area contributed by atoms with Gasteiger partial charge in [0.2, 0.25) is 0 Å². The average Bonchev–Trinajstić information content (AvgIpc) is 2.46. The summed E-state index contributed by atoms with van der Waals surface area (Å²) in [6, 6.07) is 8.59. The van der Waals surface area contributed by atoms with E-state index in [9.17, 15) is 0 Å². The van der Waals surface area contributed by atoms with Gasteiger partial charge in [-0.2, -0.15) is 0 Å². The summed E-state index contributed by atoms with van der Waals surface area (Å²) in [4.78, 5) is 0. The van der Waals surface area contributed by atoms with E-state index in [1.165, 1.54) is 49.7 Å². The van der Waals surface area contributed by atoms with Gasteiger partial charge in [0.25, 0.3) is 0 Å². The predicted molar refractivity (Wildman–Crippen MR) is 89.5 cm³/mol. The summed E-state index contributed by atoms with van der Waals surface area (Å²) < 4.78 is 0. The lowest BCUT2D eigenvalue weighted by Gasteiger charge is -2.00. The first-order valence-electron chi connectivity index (χ1n) is 7.97. The van der Waals surface area contributed by atoms with E-state index in [4.69, 9.17) is 5.73 Å². The Morgan fingerprint density at radius 3 is 1.47 bits per heavy atom. The van der Waals surface area contributed by atoms with Crippen LogP contribution in [-0.2, 0) is 13.0 Å². The third-order valence-corrected chi connectivity index (χ3v) is 2.58. The van der Waals surface area contributed by atoms with Crippen LogP contribution in [0, 0.1) is 0 Å². The van der Waals surface area contributed by atoms with Crippen molar-refractivity contribution in [1.29, 1.82) is 0 Å². The summed E-state index contributed by atoms with van der Waals surface area (Å²) in [5, 5.41) is 0. The first-order chi connectivity index (χ1) is 9.19. The molecule has 112 valence electrons. The van der Waals surface area contributed by atoms with Crippen molar-refractivity contribution in [2.45, 2.75) is 79.7 Å². The van der Waals surface area contributed by atoms with Gasteiger partial charge in [0.15, 0.2) is 0 Å². The van der Waals surface area contributed by atoms with Gasteiger partial charge >= 0.3 is 0 Å². The van der Waals surface area contributed by atoms with Gasteiger partial charge in [0.05, 0.1) is 0 Å². The number of unbranched alkanes of at least 4 members (excludes halogenated alkanes) is 2. The van der Waals surface area contributed by atoms with E-state index in [0.29, 0.717) is 6.54 Å². The van der Waals surface area contributed by atoms with Crippen LogP contribution in [0.4, 0.5) is 0 Å². The largest absolute Gasteiger partial charge is 0.326 e. The van der Waals surface area contributed by atoms with Crippen molar-refractivity contribution < 1.29 is 0 Å². The molecule has 19 heavy (non-hydrogen) atoms. The fourth-order valence-electron chi connectivity index (χ4n) is 1.22. The normalized spacial score (nSPS) is 8.95. The van der Waals surface area contributed by atoms with Gasteiger partial charge in [0.1, 0.15) is 0 Å². The minimum absolute atomic E-state index is 0.647. The second-order valence-electron chi connectivity index (χ2n) is 4.83. The third-order valence-electron chi connectivity index (χ3n) is 2.58. The first-order valence-corrected chi connectivity index (χ1v) is 7.97. The first kappa shape index (κ1) is 20.5. The zero-order valence-corrected chi connectivity index (χ0v) is 13.8. The molecule has 1 aromatic rings. The van der Waals surface area contributed by atoms with E-state index in [2.05, 4.69) is 58.9 Å². The lowest BCUT2D eigenvalue weighted by Crippen LogP contribution is -1.95. The zero-order chi connectivity index (χ0) is 14.9. The lowest BCUT2D eigenvalue weighted by molar-refractivity contribution is 0.794. The van der Waals surface area contributed by atoms with Crippen LogP contribution in [0.5, 0.6) is 0 Å². The molecule has 0 heterocycles. The Balaban J connectivity index is 0. The minimum Gasteiger partial charge on any atom is -0.326 e. The summed E-state index contributed by atoms with van der Waals surface area (Å²) in [5.74, 6) is 0. The second-order valence-corrected chi connectivity index (χ2v) is 4.83. The van der Waals surface area contributed by atoms with Crippen LogP contribution in [0.25, 0.3) is 0 Å². The maximum Gasteiger partial charge on any atom is 0.0178 e. The quantitative estimate of drug-likeness (QED) is 0.725. The van der Waals surface area contributed by atoms with Crippen molar-refractivity contribution in [3.63, 3.8) is 0 Å². The molecule has 0 aliphatic heterocycles. The number of hydrogen-bond acceptors (Lipinski definition) is 1. The van der Waals surface area contributed by atoms with Crippen molar-refractivity contribution in [2.24, 2.45) is 5.73 Å². The minimum atomic E-state index is 0.647. The summed E-state index contributed by atoms with van der Waals surface area (Å²) in [5.41, 5.74) is 8.14. The van der Waals surface area contributed by atoms with Gasteiger partial charge in [-0.15, -0.1) is 0 Å². The standard InChI is InChI=1S/C11H17N.C4H10.C3H8/c1-2-3-4-10-5-7-11(9-12)8-6-10;1-3-4-2;1-3-2/h5-8H,2-4,9,12H2,1H3;3-4H2,1-2H3;3H2,1-2H3. The fourth-order valence-corrected chi connectivity index (χ4v) is 1.22. The maximum atomic E-state index is 5.50. The molecular formula is C18H35N. The van der Waals surface area contributed by atoms with Crippen LogP contribution in [0.15, 0.2) is 24.3 Å². The van der Waals surface area contributed by atoms with Crippen molar-refractivity contribution >= 4 is 0 Å². The highest BCUT2D eigenvalue weighted by Gasteiger charge is 1.92. The van der Waals surface area contributed by atoms with Gasteiger partial charge in [-0.05, 0) is 24.0 Å². The summed E-state index contributed by atoms with van der Waals surface area (Å²) >= 11 is 0. The molecule has 0 fully saturated rings. The molecule has 0 aromatic heterocycles. The Morgan fingerprint density at radius 2 is 1.16 bits per heavy atom. The Hall–Kier alpha value is -0.820. The van der Waals surface area contributed by atoms with Gasteiger partial charge in [0, 0.05) is 6.54 Å². The number of aryl methyl sites for hydroxylation is 1. The Kier molecular flexibility index (Phi) is 18.5. The Bertz CT molecular complexity index is 249. The SMILES string of the molecule is CCC.CCCC.CCCCc1ccc(CN)cc1. The second kappa shape index (κ2) is 17.2. The van der Waals surface area contributed by atoms with Gasteiger partial charge in [-0.25, -0.2) is 0 Å². The average molecular weight is 265 g/mol. The molecule has 0 unspecified atom stereocenters. The molecule has 1 nitrogen and oxygen atoms in total. The molecule has 0 saturated heterocycles. The van der Waals surface area contributed by atoms with Gasteiger partial charge in [-0.1, -0.05) is 84.6 Å². The molecule has 0 saturated carbocycles. The molecule has 1 heteroatoms. The van der Waals surface area contributed by atoms with Crippen LogP contribution in [0.3, 0.4) is 0 Å². The summed E-state index contributed by atoms with van der Waals surface area (Å²) in [6.07, 6.45) is 7.63. The summed E-state index contributed by atoms with van der Waals surface area (Å²) in [7, 11) is 0. The molecule has 0 radical (unpaired) electrons. The van der Waals surface area contributed by atoms with E-state index >= 15 is 0 Å². The molecule has 0 spiro atoms. The highest BCUT2D eigenvalue weighted by atomic mass is 14.5. The number of rotatable bonds is 5. The topological polar surface area (TPSA) is 26.0 Å². The number of nitrogens with two attached hydrogens (primary N) is 1. The summed E-state index contributed by atoms with van der Waals surface area (Å²) in [6.45, 7) is 11.5. The third kappa shape index (κ3) is 15.1. The molecule has 1 aromatic carbocycles. The lowest BCUT2D eigenvalue weighted by atomic mass is 10.1.